The molecule has 1 unspecified atom stereocenters. The standard InChI is InChI=1S/C23H20F2N6O2/c24-16-9-4-10-17(25)18(16)23(33)30-11-5-8-15(13-30)20-26-21-19(22(32)27-20)28-29-31(21)12-14-6-2-1-3-7-14/h1-4,6-7,9-10,15H,5,8,11-13H2,(H,26,27,32). The lowest BCUT2D eigenvalue weighted by Gasteiger charge is -2.32. The van der Waals surface area contributed by atoms with E-state index in [2.05, 4.69) is 20.3 Å². The molecule has 0 aliphatic carbocycles. The number of benzene rings is 2. The normalized spacial score (nSPS) is 16.3. The summed E-state index contributed by atoms with van der Waals surface area (Å²) in [6.45, 7) is 0.944. The maximum absolute atomic E-state index is 14.1. The van der Waals surface area contributed by atoms with Crippen LogP contribution in [0.15, 0.2) is 53.3 Å². The molecule has 1 aliphatic rings. The van der Waals surface area contributed by atoms with Crippen molar-refractivity contribution in [1.29, 1.82) is 0 Å². The second-order valence-electron chi connectivity index (χ2n) is 8.04. The van der Waals surface area contributed by atoms with Crippen LogP contribution in [0.5, 0.6) is 0 Å². The Balaban J connectivity index is 1.44. The van der Waals surface area contributed by atoms with Crippen LogP contribution in [0.3, 0.4) is 0 Å². The van der Waals surface area contributed by atoms with Gasteiger partial charge >= 0.3 is 0 Å². The fraction of sp³-hybridized carbons (Fsp3) is 0.261. The fourth-order valence-corrected chi connectivity index (χ4v) is 4.18. The molecule has 10 heteroatoms. The molecule has 1 N–H and O–H groups in total. The Hall–Kier alpha value is -3.95. The largest absolute Gasteiger partial charge is 0.338 e. The highest BCUT2D eigenvalue weighted by atomic mass is 19.1. The van der Waals surface area contributed by atoms with Gasteiger partial charge in [0.05, 0.1) is 6.54 Å². The lowest BCUT2D eigenvalue weighted by Crippen LogP contribution is -2.40. The predicted octanol–water partition coefficient (Wildman–Crippen LogP) is 2.86. The molecular weight excluding hydrogens is 430 g/mol. The van der Waals surface area contributed by atoms with Gasteiger partial charge in [-0.05, 0) is 30.5 Å². The summed E-state index contributed by atoms with van der Waals surface area (Å²) in [5, 5.41) is 8.04. The first-order valence-corrected chi connectivity index (χ1v) is 10.6. The molecule has 8 nitrogen and oxygen atoms in total. The zero-order valence-electron chi connectivity index (χ0n) is 17.5. The quantitative estimate of drug-likeness (QED) is 0.516. The van der Waals surface area contributed by atoms with Crippen molar-refractivity contribution < 1.29 is 13.6 Å². The number of fused-ring (bicyclic) bond motifs is 1. The number of carbonyl (C=O) groups is 1. The van der Waals surface area contributed by atoms with Gasteiger partial charge in [-0.25, -0.2) is 18.4 Å². The van der Waals surface area contributed by atoms with Crippen LogP contribution in [0.2, 0.25) is 0 Å². The molecule has 1 amide bonds. The van der Waals surface area contributed by atoms with E-state index in [-0.39, 0.29) is 18.0 Å². The minimum absolute atomic E-state index is 0.131. The summed E-state index contributed by atoms with van der Waals surface area (Å²) < 4.78 is 29.8. The lowest BCUT2D eigenvalue weighted by molar-refractivity contribution is 0.0694. The third-order valence-electron chi connectivity index (χ3n) is 5.84. The molecule has 1 fully saturated rings. The number of aromatic amines is 1. The fourth-order valence-electron chi connectivity index (χ4n) is 4.18. The van der Waals surface area contributed by atoms with Crippen LogP contribution in [0.4, 0.5) is 8.78 Å². The zero-order chi connectivity index (χ0) is 22.9. The Bertz CT molecular complexity index is 1360. The first-order chi connectivity index (χ1) is 16.0. The molecule has 0 radical (unpaired) electrons. The second kappa shape index (κ2) is 8.53. The Morgan fingerprint density at radius 2 is 1.85 bits per heavy atom. The maximum atomic E-state index is 14.1. The van der Waals surface area contributed by atoms with Crippen molar-refractivity contribution >= 4 is 17.1 Å². The number of nitrogens with zero attached hydrogens (tertiary/aromatic N) is 5. The zero-order valence-corrected chi connectivity index (χ0v) is 17.5. The average Bonchev–Trinajstić information content (AvgIpc) is 3.23. The molecule has 5 rings (SSSR count). The van der Waals surface area contributed by atoms with Crippen molar-refractivity contribution in [2.75, 3.05) is 13.1 Å². The van der Waals surface area contributed by atoms with Crippen LogP contribution in [-0.2, 0) is 6.54 Å². The van der Waals surface area contributed by atoms with Crippen molar-refractivity contribution in [3.63, 3.8) is 0 Å². The van der Waals surface area contributed by atoms with E-state index >= 15 is 0 Å². The van der Waals surface area contributed by atoms with E-state index in [0.717, 1.165) is 17.7 Å². The second-order valence-corrected chi connectivity index (χ2v) is 8.04. The first-order valence-electron chi connectivity index (χ1n) is 10.6. The van der Waals surface area contributed by atoms with E-state index in [0.29, 0.717) is 37.4 Å². The van der Waals surface area contributed by atoms with Gasteiger partial charge in [-0.3, -0.25) is 9.59 Å². The SMILES string of the molecule is O=C(c1c(F)cccc1F)N1CCCC(c2nc3c(nnn3Cc3ccccc3)c(=O)[nH]2)C1. The summed E-state index contributed by atoms with van der Waals surface area (Å²) in [6, 6.07) is 12.9. The number of amides is 1. The maximum Gasteiger partial charge on any atom is 0.281 e. The van der Waals surface area contributed by atoms with Gasteiger partial charge in [0, 0.05) is 19.0 Å². The van der Waals surface area contributed by atoms with Gasteiger partial charge in [-0.1, -0.05) is 41.6 Å². The molecule has 1 saturated heterocycles. The van der Waals surface area contributed by atoms with Crippen molar-refractivity contribution in [1.82, 2.24) is 29.9 Å². The number of halogens is 2. The molecule has 33 heavy (non-hydrogen) atoms. The van der Waals surface area contributed by atoms with Gasteiger partial charge in [0.1, 0.15) is 23.0 Å². The molecule has 0 spiro atoms. The van der Waals surface area contributed by atoms with E-state index in [1.807, 2.05) is 30.3 Å². The van der Waals surface area contributed by atoms with Gasteiger partial charge < -0.3 is 9.88 Å². The molecule has 0 bridgehead atoms. The number of likely N-dealkylation sites (tertiary alicyclic amines) is 1. The van der Waals surface area contributed by atoms with Crippen molar-refractivity contribution in [3.8, 4) is 0 Å². The van der Waals surface area contributed by atoms with E-state index in [1.165, 1.54) is 11.0 Å². The van der Waals surface area contributed by atoms with E-state index in [1.54, 1.807) is 4.68 Å². The van der Waals surface area contributed by atoms with Crippen LogP contribution in [0.25, 0.3) is 11.2 Å². The molecule has 1 atom stereocenters. The number of rotatable bonds is 4. The summed E-state index contributed by atoms with van der Waals surface area (Å²) in [7, 11) is 0. The van der Waals surface area contributed by atoms with Crippen molar-refractivity contribution in [2.45, 2.75) is 25.3 Å². The average molecular weight is 450 g/mol. The molecule has 2 aromatic carbocycles. The summed E-state index contributed by atoms with van der Waals surface area (Å²) in [4.78, 5) is 34.3. The summed E-state index contributed by atoms with van der Waals surface area (Å²) >= 11 is 0. The minimum Gasteiger partial charge on any atom is -0.338 e. The first kappa shape index (κ1) is 20.9. The Kier molecular flexibility index (Phi) is 5.41. The highest BCUT2D eigenvalue weighted by molar-refractivity contribution is 5.94. The number of carbonyl (C=O) groups excluding carboxylic acids is 1. The predicted molar refractivity (Wildman–Crippen MR) is 116 cm³/mol. The van der Waals surface area contributed by atoms with Crippen molar-refractivity contribution in [2.24, 2.45) is 0 Å². The molecule has 4 aromatic rings. The van der Waals surface area contributed by atoms with E-state index in [9.17, 15) is 18.4 Å². The third kappa shape index (κ3) is 3.99. The number of nitrogens with one attached hydrogen (secondary N) is 1. The Morgan fingerprint density at radius 1 is 1.09 bits per heavy atom. The highest BCUT2D eigenvalue weighted by Crippen LogP contribution is 2.27. The molecule has 168 valence electrons. The summed E-state index contributed by atoms with van der Waals surface area (Å²) in [5.74, 6) is -2.41. The number of hydrogen-bond acceptors (Lipinski definition) is 5. The molecule has 0 saturated carbocycles. The van der Waals surface area contributed by atoms with Crippen LogP contribution >= 0.6 is 0 Å². The number of piperidine rings is 1. The molecule has 1 aliphatic heterocycles. The van der Waals surface area contributed by atoms with E-state index in [4.69, 9.17) is 0 Å². The van der Waals surface area contributed by atoms with Gasteiger partial charge in [0.15, 0.2) is 11.2 Å². The van der Waals surface area contributed by atoms with E-state index < -0.39 is 28.7 Å². The van der Waals surface area contributed by atoms with Crippen molar-refractivity contribution in [3.05, 3.63) is 87.5 Å². The Labute approximate surface area is 186 Å². The molecular formula is C23H20F2N6O2. The Morgan fingerprint density at radius 3 is 2.61 bits per heavy atom. The topological polar surface area (TPSA) is 96.8 Å². The summed E-state index contributed by atoms with van der Waals surface area (Å²) in [5.41, 5.74) is 0.473. The summed E-state index contributed by atoms with van der Waals surface area (Å²) in [6.07, 6.45) is 1.27. The van der Waals surface area contributed by atoms with Crippen LogP contribution in [0.1, 0.15) is 40.5 Å². The monoisotopic (exact) mass is 450 g/mol. The number of aromatic nitrogens is 5. The number of hydrogen-bond donors (Lipinski definition) is 1. The lowest BCUT2D eigenvalue weighted by atomic mass is 9.96. The number of H-pyrrole nitrogens is 1. The van der Waals surface area contributed by atoms with Gasteiger partial charge in [-0.15, -0.1) is 5.10 Å². The molecule has 3 heterocycles. The van der Waals surface area contributed by atoms with Gasteiger partial charge in [0.2, 0.25) is 0 Å². The van der Waals surface area contributed by atoms with Crippen LogP contribution in [0, 0.1) is 11.6 Å². The highest BCUT2D eigenvalue weighted by Gasteiger charge is 2.30. The van der Waals surface area contributed by atoms with Gasteiger partial charge in [0.25, 0.3) is 11.5 Å². The minimum atomic E-state index is -0.897. The van der Waals surface area contributed by atoms with Crippen LogP contribution < -0.4 is 5.56 Å². The molecule has 2 aromatic heterocycles. The van der Waals surface area contributed by atoms with Crippen LogP contribution in [-0.4, -0.2) is 48.9 Å². The van der Waals surface area contributed by atoms with Gasteiger partial charge in [-0.2, -0.15) is 0 Å². The smallest absolute Gasteiger partial charge is 0.281 e. The third-order valence-corrected chi connectivity index (χ3v) is 5.84.